The van der Waals surface area contributed by atoms with Crippen LogP contribution in [0.1, 0.15) is 35.1 Å². The van der Waals surface area contributed by atoms with Crippen LogP contribution in [0.3, 0.4) is 0 Å². The molecule has 2 aliphatic carbocycles. The molecule has 15 heavy (non-hydrogen) atoms. The van der Waals surface area contributed by atoms with Crippen LogP contribution >= 0.6 is 0 Å². The summed E-state index contributed by atoms with van der Waals surface area (Å²) in [6, 6.07) is 0. The van der Waals surface area contributed by atoms with Gasteiger partial charge in [-0.15, -0.1) is 0 Å². The molecule has 0 saturated heterocycles. The first-order valence-corrected chi connectivity index (χ1v) is 5.20. The van der Waals surface area contributed by atoms with Crippen LogP contribution < -0.4 is 0 Å². The Kier molecular flexibility index (Phi) is 1.71. The summed E-state index contributed by atoms with van der Waals surface area (Å²) < 4.78 is 0. The van der Waals surface area contributed by atoms with Crippen molar-refractivity contribution in [2.45, 2.75) is 18.8 Å². The number of imidazole rings is 1. The van der Waals surface area contributed by atoms with Crippen LogP contribution in [0, 0.1) is 11.8 Å². The van der Waals surface area contributed by atoms with Gasteiger partial charge in [0.25, 0.3) is 0 Å². The minimum absolute atomic E-state index is 0.191. The molecule has 0 amide bonds. The summed E-state index contributed by atoms with van der Waals surface area (Å²) in [5.41, 5.74) is 0.191. The molecule has 3 rings (SSSR count). The molecule has 4 nitrogen and oxygen atoms in total. The van der Waals surface area contributed by atoms with Crippen molar-refractivity contribution in [1.29, 1.82) is 0 Å². The quantitative estimate of drug-likeness (QED) is 0.722. The molecule has 1 aromatic rings. The summed E-state index contributed by atoms with van der Waals surface area (Å²) in [5.74, 6) is 1.53. The van der Waals surface area contributed by atoms with Crippen LogP contribution in [0.4, 0.5) is 0 Å². The summed E-state index contributed by atoms with van der Waals surface area (Å²) >= 11 is 0. The molecule has 0 spiro atoms. The van der Waals surface area contributed by atoms with Crippen LogP contribution in [0.25, 0.3) is 0 Å². The zero-order valence-corrected chi connectivity index (χ0v) is 8.18. The van der Waals surface area contributed by atoms with Crippen LogP contribution in [0.2, 0.25) is 0 Å². The van der Waals surface area contributed by atoms with Gasteiger partial charge in [0.2, 0.25) is 0 Å². The molecule has 2 bridgehead atoms. The maximum Gasteiger partial charge on any atom is 0.353 e. The van der Waals surface area contributed by atoms with Crippen molar-refractivity contribution in [1.82, 2.24) is 9.97 Å². The van der Waals surface area contributed by atoms with Crippen molar-refractivity contribution in [3.05, 3.63) is 29.9 Å². The number of hydrogen-bond donors (Lipinski definition) is 2. The zero-order chi connectivity index (χ0) is 10.4. The van der Waals surface area contributed by atoms with Gasteiger partial charge < -0.3 is 10.1 Å². The van der Waals surface area contributed by atoms with E-state index in [4.69, 9.17) is 5.11 Å². The van der Waals surface area contributed by atoms with E-state index in [0.717, 1.165) is 12.2 Å². The first kappa shape index (κ1) is 8.71. The molecule has 1 fully saturated rings. The Labute approximate surface area is 87.0 Å². The second kappa shape index (κ2) is 2.95. The van der Waals surface area contributed by atoms with Crippen molar-refractivity contribution in [3.63, 3.8) is 0 Å². The molecule has 1 heterocycles. The summed E-state index contributed by atoms with van der Waals surface area (Å²) in [4.78, 5) is 17.8. The number of carboxylic acid groups (broad SMARTS) is 1. The Hall–Kier alpha value is -1.58. The Bertz CT molecular complexity index is 436. The van der Waals surface area contributed by atoms with Crippen molar-refractivity contribution in [3.8, 4) is 0 Å². The van der Waals surface area contributed by atoms with E-state index in [9.17, 15) is 4.79 Å². The lowest BCUT2D eigenvalue weighted by Crippen LogP contribution is -2.07. The Balaban J connectivity index is 1.87. The normalized spacial score (nSPS) is 32.4. The van der Waals surface area contributed by atoms with E-state index in [0.29, 0.717) is 17.8 Å². The number of nitrogens with zero attached hydrogens (tertiary/aromatic N) is 1. The average Bonchev–Trinajstić information content (AvgIpc) is 2.93. The number of allylic oxidation sites excluding steroid dienone is 2. The third kappa shape index (κ3) is 1.28. The molecule has 1 aromatic heterocycles. The van der Waals surface area contributed by atoms with Crippen molar-refractivity contribution >= 4 is 5.97 Å². The van der Waals surface area contributed by atoms with Crippen LogP contribution in [-0.2, 0) is 0 Å². The lowest BCUT2D eigenvalue weighted by Gasteiger charge is -2.14. The number of carbonyl (C=O) groups is 1. The predicted octanol–water partition coefficient (Wildman–Crippen LogP) is 1.79. The fraction of sp³-hybridized carbons (Fsp3) is 0.455. The maximum absolute atomic E-state index is 10.7. The highest BCUT2D eigenvalue weighted by Gasteiger charge is 2.38. The van der Waals surface area contributed by atoms with Gasteiger partial charge in [0.1, 0.15) is 11.5 Å². The van der Waals surface area contributed by atoms with Crippen LogP contribution in [0.15, 0.2) is 18.3 Å². The summed E-state index contributed by atoms with van der Waals surface area (Å²) in [7, 11) is 0. The fourth-order valence-electron chi connectivity index (χ4n) is 2.73. The highest BCUT2D eigenvalue weighted by molar-refractivity contribution is 5.85. The number of H-pyrrole nitrogens is 1. The minimum Gasteiger partial charge on any atom is -0.477 e. The van der Waals surface area contributed by atoms with E-state index < -0.39 is 5.97 Å². The van der Waals surface area contributed by atoms with E-state index in [2.05, 4.69) is 22.1 Å². The van der Waals surface area contributed by atoms with Gasteiger partial charge in [-0.3, -0.25) is 0 Å². The molecule has 0 radical (unpaired) electrons. The highest BCUT2D eigenvalue weighted by Crippen LogP contribution is 2.47. The molecule has 2 aliphatic rings. The van der Waals surface area contributed by atoms with Gasteiger partial charge in [-0.25, -0.2) is 9.78 Å². The van der Waals surface area contributed by atoms with Gasteiger partial charge >= 0.3 is 5.97 Å². The van der Waals surface area contributed by atoms with Crippen LogP contribution in [-0.4, -0.2) is 21.0 Å². The monoisotopic (exact) mass is 204 g/mol. The van der Waals surface area contributed by atoms with Gasteiger partial charge in [0.15, 0.2) is 0 Å². The number of fused-ring (bicyclic) bond motifs is 2. The van der Waals surface area contributed by atoms with Gasteiger partial charge in [-0.1, -0.05) is 12.2 Å². The molecule has 1 unspecified atom stereocenters. The number of aromatic carboxylic acids is 1. The molecule has 0 aliphatic heterocycles. The zero-order valence-electron chi connectivity index (χ0n) is 8.18. The van der Waals surface area contributed by atoms with E-state index in [1.807, 2.05) is 0 Å². The minimum atomic E-state index is -0.938. The molecule has 3 atom stereocenters. The lowest BCUT2D eigenvalue weighted by atomic mass is 9.93. The van der Waals surface area contributed by atoms with Gasteiger partial charge in [0, 0.05) is 5.92 Å². The van der Waals surface area contributed by atoms with Gasteiger partial charge in [0.05, 0.1) is 6.20 Å². The fourth-order valence-corrected chi connectivity index (χ4v) is 2.73. The summed E-state index contributed by atoms with van der Waals surface area (Å²) in [5, 5.41) is 8.79. The molecular weight excluding hydrogens is 192 g/mol. The first-order valence-electron chi connectivity index (χ1n) is 5.20. The number of rotatable bonds is 2. The number of carboxylic acids is 1. The SMILES string of the molecule is O=C(O)c1cnc([C@@H]2CC3C=C[C@H]2C3)[nH]1. The third-order valence-electron chi connectivity index (χ3n) is 3.46. The van der Waals surface area contributed by atoms with Crippen LogP contribution in [0.5, 0.6) is 0 Å². The smallest absolute Gasteiger partial charge is 0.353 e. The van der Waals surface area contributed by atoms with E-state index >= 15 is 0 Å². The molecule has 0 aromatic carbocycles. The van der Waals surface area contributed by atoms with Crippen molar-refractivity contribution < 1.29 is 9.90 Å². The van der Waals surface area contributed by atoms with E-state index in [-0.39, 0.29) is 5.69 Å². The number of aromatic nitrogens is 2. The molecule has 2 N–H and O–H groups in total. The first-order chi connectivity index (χ1) is 7.24. The van der Waals surface area contributed by atoms with Crippen molar-refractivity contribution in [2.24, 2.45) is 11.8 Å². The number of nitrogens with one attached hydrogen (secondary N) is 1. The Morgan fingerprint density at radius 2 is 2.33 bits per heavy atom. The maximum atomic E-state index is 10.7. The van der Waals surface area contributed by atoms with Gasteiger partial charge in [-0.2, -0.15) is 0 Å². The van der Waals surface area contributed by atoms with Gasteiger partial charge in [-0.05, 0) is 24.7 Å². The molecule has 78 valence electrons. The Morgan fingerprint density at radius 3 is 2.87 bits per heavy atom. The molecular formula is C11H12N2O2. The summed E-state index contributed by atoms with van der Waals surface area (Å²) in [6.07, 6.45) is 8.22. The second-order valence-corrected chi connectivity index (χ2v) is 4.37. The third-order valence-corrected chi connectivity index (χ3v) is 3.46. The van der Waals surface area contributed by atoms with E-state index in [1.165, 1.54) is 12.6 Å². The lowest BCUT2D eigenvalue weighted by molar-refractivity contribution is 0.0691. The average molecular weight is 204 g/mol. The standard InChI is InChI=1S/C11H12N2O2/c14-11(15)9-5-12-10(13-9)8-4-6-1-2-7(8)3-6/h1-2,5-8H,3-4H2,(H,12,13)(H,14,15)/t6?,7-,8+/m0/s1. The summed E-state index contributed by atoms with van der Waals surface area (Å²) in [6.45, 7) is 0. The predicted molar refractivity (Wildman–Crippen MR) is 53.6 cm³/mol. The molecule has 1 saturated carbocycles. The highest BCUT2D eigenvalue weighted by atomic mass is 16.4. The second-order valence-electron chi connectivity index (χ2n) is 4.37. The Morgan fingerprint density at radius 1 is 1.47 bits per heavy atom. The van der Waals surface area contributed by atoms with E-state index in [1.54, 1.807) is 0 Å². The number of aromatic amines is 1. The molecule has 4 heteroatoms. The number of hydrogen-bond acceptors (Lipinski definition) is 2. The van der Waals surface area contributed by atoms with Crippen molar-refractivity contribution in [2.75, 3.05) is 0 Å². The topological polar surface area (TPSA) is 66.0 Å². The largest absolute Gasteiger partial charge is 0.477 e.